The number of nitrogens with one attached hydrogen (secondary N) is 1. The highest BCUT2D eigenvalue weighted by atomic mass is 16.1. The monoisotopic (exact) mass is 366 g/mol. The summed E-state index contributed by atoms with van der Waals surface area (Å²) >= 11 is 0. The van der Waals surface area contributed by atoms with Crippen molar-refractivity contribution >= 4 is 17.4 Å². The molecule has 3 aromatic heterocycles. The molecule has 5 rings (SSSR count). The Morgan fingerprint density at radius 2 is 2.19 bits per heavy atom. The fourth-order valence-electron chi connectivity index (χ4n) is 3.81. The lowest BCUT2D eigenvalue weighted by Gasteiger charge is -2.34. The second kappa shape index (κ2) is 6.33. The summed E-state index contributed by atoms with van der Waals surface area (Å²) in [7, 11) is 0. The molecule has 9 heteroatoms. The van der Waals surface area contributed by atoms with E-state index in [9.17, 15) is 4.79 Å². The minimum Gasteiger partial charge on any atom is -0.350 e. The molecule has 4 heterocycles. The Kier molecular flexibility index (Phi) is 3.80. The smallest absolute Gasteiger partial charge is 0.271 e. The van der Waals surface area contributed by atoms with Crippen LogP contribution in [0.4, 0.5) is 5.82 Å². The topological polar surface area (TPSA) is 93.2 Å². The van der Waals surface area contributed by atoms with Crippen molar-refractivity contribution in [2.24, 2.45) is 5.92 Å². The second-order valence-electron chi connectivity index (χ2n) is 7.38. The summed E-state index contributed by atoms with van der Waals surface area (Å²) in [6.45, 7) is 4.41. The first kappa shape index (κ1) is 16.2. The normalized spacial score (nSPS) is 19.7. The van der Waals surface area contributed by atoms with E-state index in [2.05, 4.69) is 42.0 Å². The van der Waals surface area contributed by atoms with Crippen LogP contribution in [0.2, 0.25) is 0 Å². The summed E-state index contributed by atoms with van der Waals surface area (Å²) in [5.74, 6) is 2.30. The van der Waals surface area contributed by atoms with Crippen molar-refractivity contribution in [3.63, 3.8) is 0 Å². The molecule has 1 unspecified atom stereocenters. The van der Waals surface area contributed by atoms with Gasteiger partial charge in [0.1, 0.15) is 23.7 Å². The predicted octanol–water partition coefficient (Wildman–Crippen LogP) is 1.43. The highest BCUT2D eigenvalue weighted by Crippen LogP contribution is 2.29. The number of imidazole rings is 1. The number of amides is 1. The molecule has 1 N–H and O–H groups in total. The van der Waals surface area contributed by atoms with Crippen LogP contribution in [-0.4, -0.2) is 48.4 Å². The van der Waals surface area contributed by atoms with Crippen LogP contribution < -0.4 is 10.2 Å². The first-order valence-electron chi connectivity index (χ1n) is 9.48. The van der Waals surface area contributed by atoms with Crippen molar-refractivity contribution in [2.75, 3.05) is 18.0 Å². The van der Waals surface area contributed by atoms with Gasteiger partial charge in [-0.05, 0) is 37.8 Å². The fourth-order valence-corrected chi connectivity index (χ4v) is 3.81. The molecular weight excluding hydrogens is 344 g/mol. The molecule has 3 aromatic rings. The molecule has 0 saturated heterocycles. The SMILES string of the molecule is CC1c2nc(C(=O)NCC3CCC3)cn2CCN1c1ccc2nncn2n1. The van der Waals surface area contributed by atoms with Crippen LogP contribution in [0, 0.1) is 5.92 Å². The maximum Gasteiger partial charge on any atom is 0.271 e. The van der Waals surface area contributed by atoms with Crippen molar-refractivity contribution in [2.45, 2.75) is 38.8 Å². The number of nitrogens with zero attached hydrogens (tertiary/aromatic N) is 7. The molecule has 27 heavy (non-hydrogen) atoms. The molecule has 0 aromatic carbocycles. The number of carbonyl (C=O) groups excluding carboxylic acids is 1. The van der Waals surface area contributed by atoms with Gasteiger partial charge in [0.05, 0.1) is 6.04 Å². The van der Waals surface area contributed by atoms with Gasteiger partial charge in [-0.3, -0.25) is 4.79 Å². The lowest BCUT2D eigenvalue weighted by molar-refractivity contribution is 0.0934. The highest BCUT2D eigenvalue weighted by Gasteiger charge is 2.29. The Bertz CT molecular complexity index is 988. The molecule has 1 aliphatic carbocycles. The molecule has 0 bridgehead atoms. The third-order valence-electron chi connectivity index (χ3n) is 5.68. The Morgan fingerprint density at radius 1 is 1.30 bits per heavy atom. The van der Waals surface area contributed by atoms with Crippen molar-refractivity contribution < 1.29 is 4.79 Å². The Labute approximate surface area is 156 Å². The zero-order valence-corrected chi connectivity index (χ0v) is 15.2. The Hall–Kier alpha value is -2.97. The van der Waals surface area contributed by atoms with Crippen LogP contribution in [0.3, 0.4) is 0 Å². The first-order chi connectivity index (χ1) is 13.2. The quantitative estimate of drug-likeness (QED) is 0.751. The van der Waals surface area contributed by atoms with Crippen molar-refractivity contribution in [3.05, 3.63) is 36.2 Å². The van der Waals surface area contributed by atoms with Gasteiger partial charge in [-0.1, -0.05) is 6.42 Å². The maximum atomic E-state index is 12.5. The fraction of sp³-hybridized carbons (Fsp3) is 0.500. The van der Waals surface area contributed by atoms with Crippen molar-refractivity contribution in [1.82, 2.24) is 34.7 Å². The molecular formula is C18H22N8O. The summed E-state index contributed by atoms with van der Waals surface area (Å²) in [6, 6.07) is 3.88. The molecule has 1 atom stereocenters. The third-order valence-corrected chi connectivity index (χ3v) is 5.68. The summed E-state index contributed by atoms with van der Waals surface area (Å²) in [4.78, 5) is 19.3. The average molecular weight is 366 g/mol. The molecule has 2 aliphatic rings. The van der Waals surface area contributed by atoms with Gasteiger partial charge in [0.2, 0.25) is 0 Å². The van der Waals surface area contributed by atoms with Gasteiger partial charge in [0.15, 0.2) is 5.65 Å². The zero-order valence-electron chi connectivity index (χ0n) is 15.2. The third kappa shape index (κ3) is 2.83. The Balaban J connectivity index is 1.35. The van der Waals surface area contributed by atoms with Gasteiger partial charge in [-0.2, -0.15) is 4.52 Å². The van der Waals surface area contributed by atoms with Gasteiger partial charge >= 0.3 is 0 Å². The van der Waals surface area contributed by atoms with E-state index >= 15 is 0 Å². The van der Waals surface area contributed by atoms with Crippen molar-refractivity contribution in [1.29, 1.82) is 0 Å². The number of aromatic nitrogens is 6. The van der Waals surface area contributed by atoms with Gasteiger partial charge in [0, 0.05) is 25.8 Å². The van der Waals surface area contributed by atoms with E-state index < -0.39 is 0 Å². The van der Waals surface area contributed by atoms with Crippen LogP contribution in [0.1, 0.15) is 48.5 Å². The summed E-state index contributed by atoms with van der Waals surface area (Å²) in [6.07, 6.45) is 7.18. The first-order valence-corrected chi connectivity index (χ1v) is 9.48. The molecule has 0 radical (unpaired) electrons. The summed E-state index contributed by atoms with van der Waals surface area (Å²) in [5, 5.41) is 15.5. The number of fused-ring (bicyclic) bond motifs is 2. The Morgan fingerprint density at radius 3 is 3.00 bits per heavy atom. The lowest BCUT2D eigenvalue weighted by atomic mass is 9.85. The van der Waals surface area contributed by atoms with Gasteiger partial charge in [-0.15, -0.1) is 15.3 Å². The molecule has 140 valence electrons. The number of rotatable bonds is 4. The van der Waals surface area contributed by atoms with Gasteiger partial charge < -0.3 is 14.8 Å². The molecule has 1 saturated carbocycles. The average Bonchev–Trinajstić information content (AvgIpc) is 3.27. The lowest BCUT2D eigenvalue weighted by Crippen LogP contribution is -2.37. The zero-order chi connectivity index (χ0) is 18.4. The van der Waals surface area contributed by atoms with Crippen molar-refractivity contribution in [3.8, 4) is 0 Å². The van der Waals surface area contributed by atoms with E-state index in [0.29, 0.717) is 11.6 Å². The minimum atomic E-state index is -0.0772. The van der Waals surface area contributed by atoms with E-state index in [4.69, 9.17) is 0 Å². The van der Waals surface area contributed by atoms with Crippen LogP contribution in [-0.2, 0) is 6.54 Å². The van der Waals surface area contributed by atoms with Crippen LogP contribution >= 0.6 is 0 Å². The van der Waals surface area contributed by atoms with Gasteiger partial charge in [-0.25, -0.2) is 4.98 Å². The minimum absolute atomic E-state index is 0.0216. The number of hydrogen-bond donors (Lipinski definition) is 1. The number of hydrogen-bond acceptors (Lipinski definition) is 6. The predicted molar refractivity (Wildman–Crippen MR) is 98.4 cm³/mol. The van der Waals surface area contributed by atoms with E-state index in [1.54, 1.807) is 10.8 Å². The van der Waals surface area contributed by atoms with Crippen LogP contribution in [0.15, 0.2) is 24.7 Å². The molecule has 1 amide bonds. The number of anilines is 1. The van der Waals surface area contributed by atoms with E-state index in [1.165, 1.54) is 19.3 Å². The molecule has 9 nitrogen and oxygen atoms in total. The van der Waals surface area contributed by atoms with Gasteiger partial charge in [0.25, 0.3) is 5.91 Å². The molecule has 1 aliphatic heterocycles. The van der Waals surface area contributed by atoms with Crippen LogP contribution in [0.5, 0.6) is 0 Å². The van der Waals surface area contributed by atoms with E-state index in [0.717, 1.165) is 36.9 Å². The second-order valence-corrected chi connectivity index (χ2v) is 7.38. The van der Waals surface area contributed by atoms with E-state index in [1.807, 2.05) is 18.3 Å². The maximum absolute atomic E-state index is 12.5. The number of carbonyl (C=O) groups is 1. The summed E-state index contributed by atoms with van der Waals surface area (Å²) in [5.41, 5.74) is 1.22. The molecule has 1 fully saturated rings. The molecule has 0 spiro atoms. The largest absolute Gasteiger partial charge is 0.350 e. The highest BCUT2D eigenvalue weighted by molar-refractivity contribution is 5.92. The van der Waals surface area contributed by atoms with Crippen LogP contribution in [0.25, 0.3) is 5.65 Å². The summed E-state index contributed by atoms with van der Waals surface area (Å²) < 4.78 is 3.75. The van der Waals surface area contributed by atoms with E-state index in [-0.39, 0.29) is 11.9 Å². The standard InChI is InChI=1S/C18H22N8O/c1-12-17-21-14(18(27)19-9-13-3-2-4-13)10-24(17)7-8-25(12)16-6-5-15-22-20-11-26(15)23-16/h5-6,10-13H,2-4,7-9H2,1H3,(H,19,27).